The molecule has 0 saturated carbocycles. The summed E-state index contributed by atoms with van der Waals surface area (Å²) in [5, 5.41) is 9.11. The second-order valence-corrected chi connectivity index (χ2v) is 5.25. The predicted molar refractivity (Wildman–Crippen MR) is 74.9 cm³/mol. The molecule has 0 aliphatic carbocycles. The average molecular weight is 293 g/mol. The molecule has 21 heavy (non-hydrogen) atoms. The number of aliphatic carboxylic acids is 1. The van der Waals surface area contributed by atoms with Crippen LogP contribution in [0.5, 0.6) is 17.2 Å². The number of carboxylic acid groups (broad SMARTS) is 1. The number of benzene rings is 1. The molecule has 1 saturated heterocycles. The van der Waals surface area contributed by atoms with Crippen molar-refractivity contribution in [2.75, 3.05) is 26.5 Å². The van der Waals surface area contributed by atoms with Crippen LogP contribution in [0.25, 0.3) is 0 Å². The van der Waals surface area contributed by atoms with Crippen LogP contribution in [0.3, 0.4) is 0 Å². The van der Waals surface area contributed by atoms with Crippen molar-refractivity contribution in [3.8, 4) is 17.2 Å². The Morgan fingerprint density at radius 3 is 3.10 bits per heavy atom. The van der Waals surface area contributed by atoms with Gasteiger partial charge in [-0.05, 0) is 37.9 Å². The molecular formula is C15H19NO5. The molecule has 2 aliphatic heterocycles. The van der Waals surface area contributed by atoms with E-state index in [9.17, 15) is 4.79 Å². The lowest BCUT2D eigenvalue weighted by molar-refractivity contribution is -0.142. The van der Waals surface area contributed by atoms with Gasteiger partial charge in [0, 0.05) is 12.6 Å². The van der Waals surface area contributed by atoms with Gasteiger partial charge in [0.1, 0.15) is 11.8 Å². The van der Waals surface area contributed by atoms with Gasteiger partial charge in [-0.3, -0.25) is 9.69 Å². The standard InChI is InChI=1S/C15H19NO5/c17-15(18)12-3-1-6-16(12)7-2-8-19-11-4-5-13-14(9-11)21-10-20-13/h4-5,9,12H,1-3,6-8,10H2,(H,17,18). The van der Waals surface area contributed by atoms with Crippen molar-refractivity contribution in [2.45, 2.75) is 25.3 Å². The summed E-state index contributed by atoms with van der Waals surface area (Å²) < 4.78 is 16.2. The molecule has 0 spiro atoms. The highest BCUT2D eigenvalue weighted by Crippen LogP contribution is 2.35. The molecule has 114 valence electrons. The van der Waals surface area contributed by atoms with Gasteiger partial charge in [-0.25, -0.2) is 0 Å². The number of likely N-dealkylation sites (tertiary alicyclic amines) is 1. The first kappa shape index (κ1) is 14.0. The molecule has 0 radical (unpaired) electrons. The molecule has 2 heterocycles. The molecule has 2 aliphatic rings. The summed E-state index contributed by atoms with van der Waals surface area (Å²) in [6, 6.07) is 5.18. The van der Waals surface area contributed by atoms with Crippen molar-refractivity contribution in [3.05, 3.63) is 18.2 Å². The van der Waals surface area contributed by atoms with E-state index in [1.54, 1.807) is 0 Å². The molecule has 1 aromatic rings. The lowest BCUT2D eigenvalue weighted by atomic mass is 10.2. The summed E-state index contributed by atoms with van der Waals surface area (Å²) in [5.41, 5.74) is 0. The number of fused-ring (bicyclic) bond motifs is 1. The number of nitrogens with zero attached hydrogens (tertiary/aromatic N) is 1. The number of rotatable bonds is 6. The fraction of sp³-hybridized carbons (Fsp3) is 0.533. The number of ether oxygens (including phenoxy) is 3. The molecule has 6 nitrogen and oxygen atoms in total. The van der Waals surface area contributed by atoms with Crippen LogP contribution in [0.2, 0.25) is 0 Å². The first-order chi connectivity index (χ1) is 10.2. The molecule has 3 rings (SSSR count). The summed E-state index contributed by atoms with van der Waals surface area (Å²) in [4.78, 5) is 13.1. The molecule has 6 heteroatoms. The number of hydrogen-bond donors (Lipinski definition) is 1. The molecule has 1 aromatic carbocycles. The van der Waals surface area contributed by atoms with Crippen LogP contribution in [0.1, 0.15) is 19.3 Å². The van der Waals surface area contributed by atoms with E-state index in [0.717, 1.165) is 43.9 Å². The van der Waals surface area contributed by atoms with Gasteiger partial charge in [-0.2, -0.15) is 0 Å². The van der Waals surface area contributed by atoms with Crippen molar-refractivity contribution in [1.29, 1.82) is 0 Å². The van der Waals surface area contributed by atoms with Crippen LogP contribution in [-0.2, 0) is 4.79 Å². The Bertz CT molecular complexity index is 519. The van der Waals surface area contributed by atoms with E-state index in [1.165, 1.54) is 0 Å². The summed E-state index contributed by atoms with van der Waals surface area (Å²) in [7, 11) is 0. The van der Waals surface area contributed by atoms with E-state index in [1.807, 2.05) is 23.1 Å². The molecule has 0 aromatic heterocycles. The average Bonchev–Trinajstić information content (AvgIpc) is 3.11. The topological polar surface area (TPSA) is 68.2 Å². The lowest BCUT2D eigenvalue weighted by Crippen LogP contribution is -2.36. The number of hydrogen-bond acceptors (Lipinski definition) is 5. The Morgan fingerprint density at radius 2 is 2.24 bits per heavy atom. The third kappa shape index (κ3) is 3.21. The van der Waals surface area contributed by atoms with Crippen LogP contribution in [0, 0.1) is 0 Å². The molecule has 1 unspecified atom stereocenters. The van der Waals surface area contributed by atoms with Crippen LogP contribution in [-0.4, -0.2) is 48.5 Å². The van der Waals surface area contributed by atoms with E-state index < -0.39 is 5.97 Å². The highest BCUT2D eigenvalue weighted by atomic mass is 16.7. The van der Waals surface area contributed by atoms with E-state index in [-0.39, 0.29) is 12.8 Å². The fourth-order valence-electron chi connectivity index (χ4n) is 2.80. The Kier molecular flexibility index (Phi) is 4.15. The molecule has 1 fully saturated rings. The molecular weight excluding hydrogens is 274 g/mol. The second-order valence-electron chi connectivity index (χ2n) is 5.25. The maximum Gasteiger partial charge on any atom is 0.320 e. The zero-order chi connectivity index (χ0) is 14.7. The smallest absolute Gasteiger partial charge is 0.320 e. The van der Waals surface area contributed by atoms with Crippen molar-refractivity contribution in [3.63, 3.8) is 0 Å². The number of carboxylic acids is 1. The molecule has 0 bridgehead atoms. The minimum absolute atomic E-state index is 0.254. The van der Waals surface area contributed by atoms with Crippen molar-refractivity contribution in [2.24, 2.45) is 0 Å². The van der Waals surface area contributed by atoms with E-state index in [2.05, 4.69) is 0 Å². The monoisotopic (exact) mass is 293 g/mol. The van der Waals surface area contributed by atoms with Crippen LogP contribution >= 0.6 is 0 Å². The van der Waals surface area contributed by atoms with Crippen LogP contribution in [0.4, 0.5) is 0 Å². The summed E-state index contributed by atoms with van der Waals surface area (Å²) in [6.45, 7) is 2.43. The molecule has 1 atom stereocenters. The minimum Gasteiger partial charge on any atom is -0.493 e. The second kappa shape index (κ2) is 6.22. The Balaban J connectivity index is 1.43. The Morgan fingerprint density at radius 1 is 1.38 bits per heavy atom. The quantitative estimate of drug-likeness (QED) is 0.806. The van der Waals surface area contributed by atoms with Gasteiger partial charge in [0.15, 0.2) is 11.5 Å². The third-order valence-corrected chi connectivity index (χ3v) is 3.85. The van der Waals surface area contributed by atoms with Gasteiger partial charge < -0.3 is 19.3 Å². The highest BCUT2D eigenvalue weighted by Gasteiger charge is 2.29. The van der Waals surface area contributed by atoms with Gasteiger partial charge in [0.25, 0.3) is 0 Å². The van der Waals surface area contributed by atoms with E-state index in [0.29, 0.717) is 12.4 Å². The SMILES string of the molecule is O=C(O)C1CCCN1CCCOc1ccc2c(c1)OCO2. The predicted octanol–water partition coefficient (Wildman–Crippen LogP) is 1.73. The third-order valence-electron chi connectivity index (χ3n) is 3.85. The molecule has 0 amide bonds. The zero-order valence-electron chi connectivity index (χ0n) is 11.8. The maximum absolute atomic E-state index is 11.1. The van der Waals surface area contributed by atoms with Gasteiger partial charge in [-0.15, -0.1) is 0 Å². The maximum atomic E-state index is 11.1. The van der Waals surface area contributed by atoms with E-state index in [4.69, 9.17) is 19.3 Å². The van der Waals surface area contributed by atoms with Crippen LogP contribution < -0.4 is 14.2 Å². The largest absolute Gasteiger partial charge is 0.493 e. The first-order valence-electron chi connectivity index (χ1n) is 7.23. The van der Waals surface area contributed by atoms with E-state index >= 15 is 0 Å². The lowest BCUT2D eigenvalue weighted by Gasteiger charge is -2.20. The Labute approximate surface area is 123 Å². The summed E-state index contributed by atoms with van der Waals surface area (Å²) in [6.07, 6.45) is 2.51. The van der Waals surface area contributed by atoms with Crippen molar-refractivity contribution >= 4 is 5.97 Å². The Hall–Kier alpha value is -1.95. The van der Waals surface area contributed by atoms with Gasteiger partial charge >= 0.3 is 5.97 Å². The van der Waals surface area contributed by atoms with Crippen molar-refractivity contribution < 1.29 is 24.1 Å². The van der Waals surface area contributed by atoms with Crippen molar-refractivity contribution in [1.82, 2.24) is 4.90 Å². The van der Waals surface area contributed by atoms with Crippen LogP contribution in [0.15, 0.2) is 18.2 Å². The van der Waals surface area contributed by atoms with Gasteiger partial charge in [0.2, 0.25) is 6.79 Å². The molecule has 1 N–H and O–H groups in total. The summed E-state index contributed by atoms with van der Waals surface area (Å²) in [5.74, 6) is 1.47. The zero-order valence-corrected chi connectivity index (χ0v) is 11.8. The fourth-order valence-corrected chi connectivity index (χ4v) is 2.80. The highest BCUT2D eigenvalue weighted by molar-refractivity contribution is 5.73. The minimum atomic E-state index is -0.718. The van der Waals surface area contributed by atoms with Gasteiger partial charge in [0.05, 0.1) is 6.61 Å². The first-order valence-corrected chi connectivity index (χ1v) is 7.23. The number of carbonyl (C=O) groups is 1. The van der Waals surface area contributed by atoms with Gasteiger partial charge in [-0.1, -0.05) is 0 Å². The normalized spacial score (nSPS) is 20.7. The summed E-state index contributed by atoms with van der Waals surface area (Å²) >= 11 is 0.